The molecule has 2 atom stereocenters. The van der Waals surface area contributed by atoms with E-state index < -0.39 is 24.3 Å². The molecule has 3 heterocycles. The number of benzene rings is 4. The van der Waals surface area contributed by atoms with Crippen molar-refractivity contribution < 1.29 is 28.7 Å². The normalized spacial score (nSPS) is 16.6. The average Bonchev–Trinajstić information content (AvgIpc) is 4.00. The molecule has 7 rings (SSSR count). The van der Waals surface area contributed by atoms with Crippen LogP contribution < -0.4 is 10.6 Å². The first-order valence-corrected chi connectivity index (χ1v) is 17.7. The second-order valence-corrected chi connectivity index (χ2v) is 13.1. The Morgan fingerprint density at radius 3 is 1.55 bits per heavy atom. The highest BCUT2D eigenvalue weighted by Gasteiger charge is 2.36. The summed E-state index contributed by atoms with van der Waals surface area (Å²) in [5.41, 5.74) is 6.24. The van der Waals surface area contributed by atoms with Crippen molar-refractivity contribution in [3.05, 3.63) is 126 Å². The van der Waals surface area contributed by atoms with E-state index in [0.29, 0.717) is 37.3 Å². The van der Waals surface area contributed by atoms with Crippen molar-refractivity contribution in [2.75, 3.05) is 23.7 Å². The van der Waals surface area contributed by atoms with Gasteiger partial charge in [-0.1, -0.05) is 84.9 Å². The highest BCUT2D eigenvalue weighted by Crippen LogP contribution is 2.28. The van der Waals surface area contributed by atoms with Gasteiger partial charge in [-0.25, -0.2) is 9.59 Å². The monoisotopic (exact) mass is 712 g/mol. The summed E-state index contributed by atoms with van der Waals surface area (Å²) in [5, 5.41) is 13.4. The molecule has 2 saturated heterocycles. The zero-order chi connectivity index (χ0) is 36.6. The van der Waals surface area contributed by atoms with E-state index in [2.05, 4.69) is 20.8 Å². The number of ether oxygens (including phenoxy) is 2. The summed E-state index contributed by atoms with van der Waals surface area (Å²) >= 11 is 0. The van der Waals surface area contributed by atoms with Crippen LogP contribution >= 0.6 is 0 Å². The molecule has 0 saturated carbocycles. The highest BCUT2D eigenvalue weighted by molar-refractivity contribution is 5.98. The van der Waals surface area contributed by atoms with E-state index in [1.807, 2.05) is 103 Å². The summed E-state index contributed by atoms with van der Waals surface area (Å²) < 4.78 is 10.9. The van der Waals surface area contributed by atoms with Crippen LogP contribution in [0.4, 0.5) is 21.0 Å². The SMILES string of the molecule is O=C(Nc1ccc(-c2cc(-c3ccc(NC(=O)[C@@H]4CCCN4C(=O)OCc4ccccc4)cc3)[nH]n2)cc1)[C@@H]1CCCN1C(=O)OCc1ccccc1. The van der Waals surface area contributed by atoms with E-state index in [9.17, 15) is 19.2 Å². The van der Waals surface area contributed by atoms with Crippen molar-refractivity contribution in [1.82, 2.24) is 20.0 Å². The lowest BCUT2D eigenvalue weighted by molar-refractivity contribution is -0.120. The summed E-state index contributed by atoms with van der Waals surface area (Å²) in [6.45, 7) is 1.25. The Morgan fingerprint density at radius 1 is 0.623 bits per heavy atom. The number of aromatic nitrogens is 2. The van der Waals surface area contributed by atoms with E-state index >= 15 is 0 Å². The van der Waals surface area contributed by atoms with Crippen LogP contribution in [0.3, 0.4) is 0 Å². The van der Waals surface area contributed by atoms with E-state index in [-0.39, 0.29) is 25.0 Å². The van der Waals surface area contributed by atoms with Gasteiger partial charge < -0.3 is 20.1 Å². The fourth-order valence-electron chi connectivity index (χ4n) is 6.65. The molecule has 2 aliphatic rings. The Hall–Kier alpha value is -6.43. The number of anilines is 2. The fraction of sp³-hybridized carbons (Fsp3) is 0.244. The molecule has 5 aromatic rings. The van der Waals surface area contributed by atoms with Gasteiger partial charge in [0.05, 0.1) is 11.4 Å². The molecule has 0 bridgehead atoms. The van der Waals surface area contributed by atoms with Gasteiger partial charge in [-0.2, -0.15) is 5.10 Å². The van der Waals surface area contributed by atoms with Gasteiger partial charge >= 0.3 is 12.2 Å². The van der Waals surface area contributed by atoms with Gasteiger partial charge in [0.2, 0.25) is 11.8 Å². The number of hydrogen-bond donors (Lipinski definition) is 3. The minimum atomic E-state index is -0.599. The Bertz CT molecular complexity index is 1890. The largest absolute Gasteiger partial charge is 0.445 e. The molecule has 2 aliphatic heterocycles. The first kappa shape index (κ1) is 35.0. The van der Waals surface area contributed by atoms with Crippen LogP contribution in [0.25, 0.3) is 22.5 Å². The number of nitrogens with one attached hydrogen (secondary N) is 3. The minimum absolute atomic E-state index is 0.154. The second-order valence-electron chi connectivity index (χ2n) is 13.1. The standard InChI is InChI=1S/C41H40N6O6/c48-38(36-13-7-23-46(36)40(50)52-26-28-9-3-1-4-10-28)42-32-19-15-30(16-20-32)34-25-35(45-44-34)31-17-21-33(22-18-31)43-39(49)37-14-8-24-47(37)41(51)53-27-29-11-5-2-6-12-29/h1-6,9-12,15-22,25,36-37H,7-8,13-14,23-24,26-27H2,(H,42,48)(H,43,49)(H,44,45)/t36-,37-/m0/s1. The van der Waals surface area contributed by atoms with E-state index in [1.54, 1.807) is 12.1 Å². The number of likely N-dealkylation sites (tertiary alicyclic amines) is 2. The molecule has 0 unspecified atom stereocenters. The number of rotatable bonds is 10. The molecule has 3 N–H and O–H groups in total. The third-order valence-corrected chi connectivity index (χ3v) is 9.48. The Kier molecular flexibility index (Phi) is 10.7. The predicted octanol–water partition coefficient (Wildman–Crippen LogP) is 7.22. The fourth-order valence-corrected chi connectivity index (χ4v) is 6.65. The molecular weight excluding hydrogens is 672 g/mol. The molecule has 12 heteroatoms. The number of carbonyl (C=O) groups is 4. The van der Waals surface area contributed by atoms with Gasteiger partial charge in [0.25, 0.3) is 0 Å². The van der Waals surface area contributed by atoms with Crippen molar-refractivity contribution in [3.8, 4) is 22.5 Å². The van der Waals surface area contributed by atoms with Crippen molar-refractivity contribution >= 4 is 35.4 Å². The van der Waals surface area contributed by atoms with Crippen LogP contribution in [0.15, 0.2) is 115 Å². The Morgan fingerprint density at radius 2 is 1.08 bits per heavy atom. The lowest BCUT2D eigenvalue weighted by Gasteiger charge is -2.23. The van der Waals surface area contributed by atoms with Gasteiger partial charge in [-0.3, -0.25) is 24.5 Å². The molecule has 12 nitrogen and oxygen atoms in total. The summed E-state index contributed by atoms with van der Waals surface area (Å²) in [6, 6.07) is 34.4. The van der Waals surface area contributed by atoms with Crippen LogP contribution in [0.2, 0.25) is 0 Å². The van der Waals surface area contributed by atoms with Gasteiger partial charge in [0, 0.05) is 30.0 Å². The van der Waals surface area contributed by atoms with Gasteiger partial charge in [0.15, 0.2) is 0 Å². The number of aromatic amines is 1. The van der Waals surface area contributed by atoms with Gasteiger partial charge in [0.1, 0.15) is 25.3 Å². The Balaban J connectivity index is 0.904. The lowest BCUT2D eigenvalue weighted by Crippen LogP contribution is -2.43. The van der Waals surface area contributed by atoms with Crippen LogP contribution in [0.5, 0.6) is 0 Å². The molecular formula is C41H40N6O6. The highest BCUT2D eigenvalue weighted by atomic mass is 16.6. The number of hydrogen-bond acceptors (Lipinski definition) is 7. The average molecular weight is 713 g/mol. The number of nitrogens with zero attached hydrogens (tertiary/aromatic N) is 3. The first-order chi connectivity index (χ1) is 25.9. The smallest absolute Gasteiger partial charge is 0.410 e. The van der Waals surface area contributed by atoms with Crippen LogP contribution in [0, 0.1) is 0 Å². The lowest BCUT2D eigenvalue weighted by atomic mass is 10.1. The molecule has 2 fully saturated rings. The summed E-state index contributed by atoms with van der Waals surface area (Å²) in [7, 11) is 0. The van der Waals surface area contributed by atoms with Gasteiger partial charge in [-0.05, 0) is 72.7 Å². The predicted molar refractivity (Wildman–Crippen MR) is 199 cm³/mol. The van der Waals surface area contributed by atoms with Crippen molar-refractivity contribution in [2.24, 2.45) is 0 Å². The third kappa shape index (κ3) is 8.55. The quantitative estimate of drug-likeness (QED) is 0.139. The van der Waals surface area contributed by atoms with Crippen LogP contribution in [0.1, 0.15) is 36.8 Å². The van der Waals surface area contributed by atoms with Crippen molar-refractivity contribution in [2.45, 2.75) is 51.0 Å². The summed E-state index contributed by atoms with van der Waals surface area (Å²) in [6.07, 6.45) is 1.60. The minimum Gasteiger partial charge on any atom is -0.445 e. The molecule has 53 heavy (non-hydrogen) atoms. The number of amides is 4. The molecule has 1 aromatic heterocycles. The van der Waals surface area contributed by atoms with E-state index in [1.165, 1.54) is 9.80 Å². The number of H-pyrrole nitrogens is 1. The third-order valence-electron chi connectivity index (χ3n) is 9.48. The maximum atomic E-state index is 13.2. The van der Waals surface area contributed by atoms with Crippen molar-refractivity contribution in [3.63, 3.8) is 0 Å². The summed E-state index contributed by atoms with van der Waals surface area (Å²) in [5.74, 6) is -0.507. The topological polar surface area (TPSA) is 146 Å². The van der Waals surface area contributed by atoms with Crippen molar-refractivity contribution in [1.29, 1.82) is 0 Å². The maximum Gasteiger partial charge on any atom is 0.410 e. The van der Waals surface area contributed by atoms with Gasteiger partial charge in [-0.15, -0.1) is 0 Å². The second kappa shape index (κ2) is 16.3. The molecule has 0 spiro atoms. The number of carbonyl (C=O) groups excluding carboxylic acids is 4. The zero-order valence-corrected chi connectivity index (χ0v) is 29.1. The molecule has 0 radical (unpaired) electrons. The maximum absolute atomic E-state index is 13.2. The van der Waals surface area contributed by atoms with Crippen LogP contribution in [-0.2, 0) is 32.3 Å². The molecule has 270 valence electrons. The van der Waals surface area contributed by atoms with Crippen LogP contribution in [-0.4, -0.2) is 69.2 Å². The Labute approximate surface area is 307 Å². The molecule has 4 amide bonds. The molecule has 0 aliphatic carbocycles. The summed E-state index contributed by atoms with van der Waals surface area (Å²) in [4.78, 5) is 54.8. The van der Waals surface area contributed by atoms with E-state index in [4.69, 9.17) is 9.47 Å². The first-order valence-electron chi connectivity index (χ1n) is 17.7. The van der Waals surface area contributed by atoms with E-state index in [0.717, 1.165) is 46.5 Å². The molecule has 4 aromatic carbocycles. The zero-order valence-electron chi connectivity index (χ0n) is 29.1.